The van der Waals surface area contributed by atoms with Gasteiger partial charge in [-0.2, -0.15) is 10.2 Å². The van der Waals surface area contributed by atoms with Crippen LogP contribution in [0.2, 0.25) is 0 Å². The zero-order valence-corrected chi connectivity index (χ0v) is 15.1. The number of pyridine rings is 1. The standard InChI is InChI=1S/C18H23N7O/c1-3-25-10-14(11(2)23-25)18(26)24-8-4-5-12(9-24)15-7-6-13-16(19)21-22-17(13)20-15/h6-7,10,12H,3-5,8-9H2,1-2H3,(H3,19,20,21,22)/t12-/m0/s1. The molecule has 4 rings (SSSR count). The fraction of sp³-hybridized carbons (Fsp3) is 0.444. The van der Waals surface area contributed by atoms with Crippen LogP contribution >= 0.6 is 0 Å². The van der Waals surface area contributed by atoms with Crippen LogP contribution in [0.5, 0.6) is 0 Å². The number of anilines is 1. The second-order valence-electron chi connectivity index (χ2n) is 6.82. The summed E-state index contributed by atoms with van der Waals surface area (Å²) in [7, 11) is 0. The monoisotopic (exact) mass is 353 g/mol. The van der Waals surface area contributed by atoms with Gasteiger partial charge in [0.25, 0.3) is 5.91 Å². The average Bonchev–Trinajstić information content (AvgIpc) is 3.23. The fourth-order valence-electron chi connectivity index (χ4n) is 3.62. The minimum Gasteiger partial charge on any atom is -0.384 e. The molecule has 1 aliphatic heterocycles. The summed E-state index contributed by atoms with van der Waals surface area (Å²) in [6.45, 7) is 6.09. The van der Waals surface area contributed by atoms with E-state index in [2.05, 4.69) is 20.3 Å². The highest BCUT2D eigenvalue weighted by Crippen LogP contribution is 2.28. The van der Waals surface area contributed by atoms with Crippen molar-refractivity contribution in [3.05, 3.63) is 35.3 Å². The molecular formula is C18H23N7O. The predicted molar refractivity (Wildman–Crippen MR) is 98.8 cm³/mol. The molecule has 4 heterocycles. The van der Waals surface area contributed by atoms with Crippen molar-refractivity contribution in [3.63, 3.8) is 0 Å². The third-order valence-electron chi connectivity index (χ3n) is 5.10. The molecule has 0 bridgehead atoms. The topological polar surface area (TPSA) is 106 Å². The molecule has 0 aromatic carbocycles. The maximum Gasteiger partial charge on any atom is 0.257 e. The molecule has 3 aromatic heterocycles. The van der Waals surface area contributed by atoms with Crippen molar-refractivity contribution in [1.29, 1.82) is 0 Å². The second-order valence-corrected chi connectivity index (χ2v) is 6.82. The third-order valence-corrected chi connectivity index (χ3v) is 5.10. The fourth-order valence-corrected chi connectivity index (χ4v) is 3.62. The number of likely N-dealkylation sites (tertiary alicyclic amines) is 1. The lowest BCUT2D eigenvalue weighted by atomic mass is 9.93. The van der Waals surface area contributed by atoms with E-state index in [-0.39, 0.29) is 11.8 Å². The maximum atomic E-state index is 13.0. The Morgan fingerprint density at radius 1 is 1.42 bits per heavy atom. The van der Waals surface area contributed by atoms with Gasteiger partial charge in [0.2, 0.25) is 0 Å². The molecule has 3 N–H and O–H groups in total. The van der Waals surface area contributed by atoms with Crippen LogP contribution < -0.4 is 5.73 Å². The van der Waals surface area contributed by atoms with Crippen LogP contribution in [0, 0.1) is 6.92 Å². The number of hydrogen-bond donors (Lipinski definition) is 2. The van der Waals surface area contributed by atoms with Gasteiger partial charge in [0.1, 0.15) is 5.82 Å². The molecule has 1 saturated heterocycles. The molecule has 1 fully saturated rings. The summed E-state index contributed by atoms with van der Waals surface area (Å²) >= 11 is 0. The van der Waals surface area contributed by atoms with Crippen molar-refractivity contribution in [2.45, 2.75) is 39.2 Å². The Kier molecular flexibility index (Phi) is 4.10. The molecular weight excluding hydrogens is 330 g/mol. The number of aromatic amines is 1. The van der Waals surface area contributed by atoms with Crippen molar-refractivity contribution in [2.75, 3.05) is 18.8 Å². The molecule has 136 valence electrons. The van der Waals surface area contributed by atoms with E-state index in [1.54, 1.807) is 0 Å². The summed E-state index contributed by atoms with van der Waals surface area (Å²) in [6.07, 6.45) is 3.81. The number of hydrogen-bond acceptors (Lipinski definition) is 5. The quantitative estimate of drug-likeness (QED) is 0.750. The van der Waals surface area contributed by atoms with E-state index in [0.717, 1.165) is 42.7 Å². The number of rotatable bonds is 3. The van der Waals surface area contributed by atoms with Gasteiger partial charge in [-0.05, 0) is 38.8 Å². The number of amides is 1. The molecule has 0 unspecified atom stereocenters. The van der Waals surface area contributed by atoms with Gasteiger partial charge in [-0.25, -0.2) is 4.98 Å². The van der Waals surface area contributed by atoms with Crippen LogP contribution in [-0.2, 0) is 6.54 Å². The Labute approximate surface area is 151 Å². The SMILES string of the molecule is CCn1cc(C(=O)N2CCC[C@H](c3ccc4c(N)[nH]nc4n3)C2)c(C)n1. The second kappa shape index (κ2) is 6.44. The number of nitrogens with zero attached hydrogens (tertiary/aromatic N) is 5. The van der Waals surface area contributed by atoms with Crippen LogP contribution in [0.1, 0.15) is 47.4 Å². The molecule has 1 aliphatic rings. The average molecular weight is 353 g/mol. The molecule has 3 aromatic rings. The number of carbonyl (C=O) groups excluding carboxylic acids is 1. The van der Waals surface area contributed by atoms with E-state index in [1.807, 2.05) is 41.8 Å². The molecule has 0 radical (unpaired) electrons. The van der Waals surface area contributed by atoms with E-state index < -0.39 is 0 Å². The van der Waals surface area contributed by atoms with Gasteiger partial charge in [-0.1, -0.05) is 0 Å². The molecule has 1 atom stereocenters. The normalized spacial score (nSPS) is 17.8. The van der Waals surface area contributed by atoms with Crippen molar-refractivity contribution in [3.8, 4) is 0 Å². The molecule has 8 heteroatoms. The number of piperidine rings is 1. The number of nitrogens with one attached hydrogen (secondary N) is 1. The Morgan fingerprint density at radius 2 is 2.27 bits per heavy atom. The smallest absolute Gasteiger partial charge is 0.257 e. The minimum absolute atomic E-state index is 0.0528. The first-order chi connectivity index (χ1) is 12.6. The third kappa shape index (κ3) is 2.81. The summed E-state index contributed by atoms with van der Waals surface area (Å²) in [5.74, 6) is 0.788. The van der Waals surface area contributed by atoms with Crippen LogP contribution in [0.3, 0.4) is 0 Å². The number of aromatic nitrogens is 5. The Morgan fingerprint density at radius 3 is 3.04 bits per heavy atom. The van der Waals surface area contributed by atoms with Crippen LogP contribution in [-0.4, -0.2) is 48.9 Å². The molecule has 8 nitrogen and oxygen atoms in total. The van der Waals surface area contributed by atoms with Crippen molar-refractivity contribution < 1.29 is 4.79 Å². The van der Waals surface area contributed by atoms with Crippen molar-refractivity contribution >= 4 is 22.8 Å². The van der Waals surface area contributed by atoms with E-state index >= 15 is 0 Å². The van der Waals surface area contributed by atoms with Gasteiger partial charge in [-0.15, -0.1) is 0 Å². The lowest BCUT2D eigenvalue weighted by Crippen LogP contribution is -2.39. The zero-order valence-electron chi connectivity index (χ0n) is 15.1. The van der Waals surface area contributed by atoms with Gasteiger partial charge in [0.05, 0.1) is 16.6 Å². The summed E-state index contributed by atoms with van der Waals surface area (Å²) in [4.78, 5) is 19.5. The van der Waals surface area contributed by atoms with Gasteiger partial charge in [0, 0.05) is 37.4 Å². The summed E-state index contributed by atoms with van der Waals surface area (Å²) in [5, 5.41) is 12.1. The Balaban J connectivity index is 1.56. The molecule has 0 spiro atoms. The largest absolute Gasteiger partial charge is 0.384 e. The molecule has 0 aliphatic carbocycles. The zero-order chi connectivity index (χ0) is 18.3. The maximum absolute atomic E-state index is 13.0. The Bertz CT molecular complexity index is 958. The summed E-state index contributed by atoms with van der Waals surface area (Å²) < 4.78 is 1.81. The van der Waals surface area contributed by atoms with Gasteiger partial charge >= 0.3 is 0 Å². The number of nitrogens with two attached hydrogens (primary N) is 1. The van der Waals surface area contributed by atoms with Gasteiger partial charge in [0.15, 0.2) is 5.65 Å². The first kappa shape index (κ1) is 16.6. The van der Waals surface area contributed by atoms with Gasteiger partial charge in [-0.3, -0.25) is 14.6 Å². The van der Waals surface area contributed by atoms with Crippen LogP contribution in [0.4, 0.5) is 5.82 Å². The minimum atomic E-state index is 0.0528. The summed E-state index contributed by atoms with van der Waals surface area (Å²) in [5.41, 5.74) is 8.90. The van der Waals surface area contributed by atoms with E-state index in [0.29, 0.717) is 23.6 Å². The molecule has 1 amide bonds. The first-order valence-corrected chi connectivity index (χ1v) is 9.00. The van der Waals surface area contributed by atoms with E-state index in [4.69, 9.17) is 5.73 Å². The van der Waals surface area contributed by atoms with Crippen molar-refractivity contribution in [1.82, 2.24) is 29.9 Å². The number of aryl methyl sites for hydroxylation is 2. The van der Waals surface area contributed by atoms with Crippen LogP contribution in [0.15, 0.2) is 18.3 Å². The van der Waals surface area contributed by atoms with E-state index in [9.17, 15) is 4.79 Å². The first-order valence-electron chi connectivity index (χ1n) is 9.00. The molecule has 0 saturated carbocycles. The van der Waals surface area contributed by atoms with Gasteiger partial charge < -0.3 is 10.6 Å². The molecule has 26 heavy (non-hydrogen) atoms. The highest BCUT2D eigenvalue weighted by Gasteiger charge is 2.28. The number of H-pyrrole nitrogens is 1. The lowest BCUT2D eigenvalue weighted by Gasteiger charge is -2.32. The highest BCUT2D eigenvalue weighted by molar-refractivity contribution is 5.95. The number of fused-ring (bicyclic) bond motifs is 1. The lowest BCUT2D eigenvalue weighted by molar-refractivity contribution is 0.0705. The Hall–Kier alpha value is -2.90. The number of carbonyl (C=O) groups is 1. The van der Waals surface area contributed by atoms with Crippen molar-refractivity contribution in [2.24, 2.45) is 0 Å². The summed E-state index contributed by atoms with van der Waals surface area (Å²) in [6, 6.07) is 3.94. The highest BCUT2D eigenvalue weighted by atomic mass is 16.2. The van der Waals surface area contributed by atoms with E-state index in [1.165, 1.54) is 0 Å². The predicted octanol–water partition coefficient (Wildman–Crippen LogP) is 2.08. The van der Waals surface area contributed by atoms with Crippen LogP contribution in [0.25, 0.3) is 11.0 Å². The number of nitrogen functional groups attached to an aromatic ring is 1.